The third kappa shape index (κ3) is 3.15. The Hall–Kier alpha value is -1.71. The standard InChI is InChI=1S/C12H17NO3/c1-12(2,3)16-8-5-6-10(13)9(7-8)11(14)15-4/h5-7H,13H2,1-4H3. The number of carbonyl (C=O) groups excluding carboxylic acids is 1. The number of hydrogen-bond donors (Lipinski definition) is 1. The van der Waals surface area contributed by atoms with Gasteiger partial charge in [0.25, 0.3) is 0 Å². The molecule has 0 bridgehead atoms. The summed E-state index contributed by atoms with van der Waals surface area (Å²) in [7, 11) is 1.32. The summed E-state index contributed by atoms with van der Waals surface area (Å²) in [4.78, 5) is 11.4. The quantitative estimate of drug-likeness (QED) is 0.617. The molecule has 0 aromatic heterocycles. The SMILES string of the molecule is COC(=O)c1cc(OC(C)(C)C)ccc1N. The smallest absolute Gasteiger partial charge is 0.340 e. The minimum Gasteiger partial charge on any atom is -0.488 e. The van der Waals surface area contributed by atoms with Crippen LogP contribution in [0.1, 0.15) is 31.1 Å². The first-order valence-electron chi connectivity index (χ1n) is 5.00. The summed E-state index contributed by atoms with van der Waals surface area (Å²) < 4.78 is 10.3. The average Bonchev–Trinajstić information content (AvgIpc) is 2.18. The molecular weight excluding hydrogens is 206 g/mol. The molecule has 1 aromatic carbocycles. The summed E-state index contributed by atoms with van der Waals surface area (Å²) in [5.74, 6) is 0.138. The highest BCUT2D eigenvalue weighted by Crippen LogP contribution is 2.23. The number of benzene rings is 1. The van der Waals surface area contributed by atoms with Crippen molar-refractivity contribution < 1.29 is 14.3 Å². The molecule has 0 radical (unpaired) electrons. The first-order valence-corrected chi connectivity index (χ1v) is 5.00. The zero-order valence-electron chi connectivity index (χ0n) is 10.0. The normalized spacial score (nSPS) is 11.0. The lowest BCUT2D eigenvalue weighted by atomic mass is 10.1. The van der Waals surface area contributed by atoms with E-state index in [4.69, 9.17) is 10.5 Å². The van der Waals surface area contributed by atoms with Gasteiger partial charge in [-0.1, -0.05) is 0 Å². The fourth-order valence-corrected chi connectivity index (χ4v) is 1.24. The number of ether oxygens (including phenoxy) is 2. The van der Waals surface area contributed by atoms with Crippen molar-refractivity contribution >= 4 is 11.7 Å². The molecule has 0 heterocycles. The van der Waals surface area contributed by atoms with Gasteiger partial charge in [0, 0.05) is 5.69 Å². The van der Waals surface area contributed by atoms with Crippen LogP contribution in [0.2, 0.25) is 0 Å². The van der Waals surface area contributed by atoms with Crippen LogP contribution in [0.25, 0.3) is 0 Å². The second kappa shape index (κ2) is 4.43. The highest BCUT2D eigenvalue weighted by atomic mass is 16.5. The number of carbonyl (C=O) groups is 1. The lowest BCUT2D eigenvalue weighted by Crippen LogP contribution is -2.23. The van der Waals surface area contributed by atoms with Crippen molar-refractivity contribution in [3.63, 3.8) is 0 Å². The Bertz CT molecular complexity index is 394. The zero-order chi connectivity index (χ0) is 12.3. The second-order valence-corrected chi connectivity index (χ2v) is 4.46. The van der Waals surface area contributed by atoms with E-state index >= 15 is 0 Å². The van der Waals surface area contributed by atoms with E-state index < -0.39 is 5.97 Å². The van der Waals surface area contributed by atoms with Crippen LogP contribution >= 0.6 is 0 Å². The van der Waals surface area contributed by atoms with Gasteiger partial charge in [-0.05, 0) is 39.0 Å². The molecule has 88 valence electrons. The molecule has 0 atom stereocenters. The molecule has 0 saturated heterocycles. The average molecular weight is 223 g/mol. The molecule has 2 N–H and O–H groups in total. The first kappa shape index (κ1) is 12.4. The predicted molar refractivity (Wildman–Crippen MR) is 62.6 cm³/mol. The molecule has 4 heteroatoms. The van der Waals surface area contributed by atoms with Crippen molar-refractivity contribution in [2.24, 2.45) is 0 Å². The van der Waals surface area contributed by atoms with E-state index in [9.17, 15) is 4.79 Å². The molecule has 4 nitrogen and oxygen atoms in total. The Balaban J connectivity index is 3.03. The van der Waals surface area contributed by atoms with Gasteiger partial charge >= 0.3 is 5.97 Å². The number of methoxy groups -OCH3 is 1. The molecule has 1 aromatic rings. The Morgan fingerprint density at radius 1 is 1.31 bits per heavy atom. The number of anilines is 1. The molecule has 16 heavy (non-hydrogen) atoms. The lowest BCUT2D eigenvalue weighted by Gasteiger charge is -2.21. The molecule has 0 aliphatic carbocycles. The number of nitrogens with two attached hydrogens (primary N) is 1. The molecule has 0 fully saturated rings. The van der Waals surface area contributed by atoms with Gasteiger partial charge in [-0.3, -0.25) is 0 Å². The van der Waals surface area contributed by atoms with Crippen molar-refractivity contribution in [3.8, 4) is 5.75 Å². The van der Waals surface area contributed by atoms with Crippen molar-refractivity contribution in [3.05, 3.63) is 23.8 Å². The molecule has 0 spiro atoms. The number of esters is 1. The highest BCUT2D eigenvalue weighted by Gasteiger charge is 2.15. The van der Waals surface area contributed by atoms with Crippen molar-refractivity contribution in [1.82, 2.24) is 0 Å². The third-order valence-electron chi connectivity index (χ3n) is 1.85. The van der Waals surface area contributed by atoms with Gasteiger partial charge in [0.15, 0.2) is 0 Å². The van der Waals surface area contributed by atoms with Gasteiger partial charge in [0.05, 0.1) is 12.7 Å². The summed E-state index contributed by atoms with van der Waals surface area (Å²) in [5.41, 5.74) is 6.06. The van der Waals surface area contributed by atoms with Gasteiger partial charge < -0.3 is 15.2 Å². The van der Waals surface area contributed by atoms with E-state index in [0.717, 1.165) is 0 Å². The van der Waals surface area contributed by atoms with E-state index in [1.807, 2.05) is 20.8 Å². The minimum absolute atomic E-state index is 0.316. The van der Waals surface area contributed by atoms with Crippen LogP contribution < -0.4 is 10.5 Å². The molecule has 0 amide bonds. The van der Waals surface area contributed by atoms with Gasteiger partial charge in [-0.2, -0.15) is 0 Å². The van der Waals surface area contributed by atoms with Crippen LogP contribution in [0.5, 0.6) is 5.75 Å². The Labute approximate surface area is 95.3 Å². The molecular formula is C12H17NO3. The number of rotatable bonds is 2. The first-order chi connectivity index (χ1) is 7.33. The Morgan fingerprint density at radius 3 is 2.44 bits per heavy atom. The molecule has 0 aliphatic rings. The minimum atomic E-state index is -0.461. The maximum absolute atomic E-state index is 11.4. The summed E-state index contributed by atoms with van der Waals surface area (Å²) in [6.45, 7) is 5.80. The second-order valence-electron chi connectivity index (χ2n) is 4.46. The topological polar surface area (TPSA) is 61.5 Å². The highest BCUT2D eigenvalue weighted by molar-refractivity contribution is 5.95. The van der Waals surface area contributed by atoms with Crippen LogP contribution in [-0.2, 0) is 4.74 Å². The summed E-state index contributed by atoms with van der Waals surface area (Å²) >= 11 is 0. The van der Waals surface area contributed by atoms with Crippen LogP contribution in [0.15, 0.2) is 18.2 Å². The van der Waals surface area contributed by atoms with Crippen LogP contribution in [0.4, 0.5) is 5.69 Å². The monoisotopic (exact) mass is 223 g/mol. The van der Waals surface area contributed by atoms with E-state index in [1.54, 1.807) is 18.2 Å². The van der Waals surface area contributed by atoms with Gasteiger partial charge in [0.2, 0.25) is 0 Å². The largest absolute Gasteiger partial charge is 0.488 e. The van der Waals surface area contributed by atoms with Gasteiger partial charge in [0.1, 0.15) is 11.4 Å². The Morgan fingerprint density at radius 2 is 1.94 bits per heavy atom. The van der Waals surface area contributed by atoms with Crippen molar-refractivity contribution in [2.45, 2.75) is 26.4 Å². The van der Waals surface area contributed by atoms with Crippen LogP contribution in [-0.4, -0.2) is 18.7 Å². The van der Waals surface area contributed by atoms with E-state index in [0.29, 0.717) is 17.0 Å². The van der Waals surface area contributed by atoms with Crippen LogP contribution in [0.3, 0.4) is 0 Å². The lowest BCUT2D eigenvalue weighted by molar-refractivity contribution is 0.0600. The predicted octanol–water partition coefficient (Wildman–Crippen LogP) is 2.23. The fourth-order valence-electron chi connectivity index (χ4n) is 1.24. The molecule has 1 rings (SSSR count). The maximum Gasteiger partial charge on any atom is 0.340 e. The summed E-state index contributed by atoms with van der Waals surface area (Å²) in [5, 5.41) is 0. The van der Waals surface area contributed by atoms with Crippen molar-refractivity contribution in [2.75, 3.05) is 12.8 Å². The van der Waals surface area contributed by atoms with E-state index in [2.05, 4.69) is 4.74 Å². The fraction of sp³-hybridized carbons (Fsp3) is 0.417. The van der Waals surface area contributed by atoms with E-state index in [1.165, 1.54) is 7.11 Å². The molecule has 0 aliphatic heterocycles. The summed E-state index contributed by atoms with van der Waals surface area (Å²) in [6, 6.07) is 4.95. The van der Waals surface area contributed by atoms with Crippen molar-refractivity contribution in [1.29, 1.82) is 0 Å². The van der Waals surface area contributed by atoms with Gasteiger partial charge in [-0.25, -0.2) is 4.79 Å². The maximum atomic E-state index is 11.4. The van der Waals surface area contributed by atoms with Crippen LogP contribution in [0, 0.1) is 0 Å². The van der Waals surface area contributed by atoms with Gasteiger partial charge in [-0.15, -0.1) is 0 Å². The molecule has 0 unspecified atom stereocenters. The Kier molecular flexibility index (Phi) is 3.42. The number of hydrogen-bond acceptors (Lipinski definition) is 4. The number of nitrogen functional groups attached to an aromatic ring is 1. The molecule has 0 saturated carbocycles. The third-order valence-corrected chi connectivity index (χ3v) is 1.85. The summed E-state index contributed by atoms with van der Waals surface area (Å²) in [6.07, 6.45) is 0. The van der Waals surface area contributed by atoms with E-state index in [-0.39, 0.29) is 5.60 Å². The zero-order valence-corrected chi connectivity index (χ0v) is 10.0.